The minimum Gasteiger partial charge on any atom is -0.508 e. The SMILES string of the molecule is CCOC(=O)CN(CCN(CC(=O)OCC)Cc1ccccc1O)Cc1ccccc1O. The molecule has 2 aromatic carbocycles. The topological polar surface area (TPSA) is 99.5 Å². The predicted octanol–water partition coefficient (Wildman–Crippen LogP) is 2.53. The van der Waals surface area contributed by atoms with Gasteiger partial charge in [-0.1, -0.05) is 36.4 Å². The highest BCUT2D eigenvalue weighted by atomic mass is 16.5. The van der Waals surface area contributed by atoms with Gasteiger partial charge in [0.1, 0.15) is 11.5 Å². The smallest absolute Gasteiger partial charge is 0.320 e. The molecule has 0 saturated heterocycles. The van der Waals surface area contributed by atoms with E-state index in [1.807, 2.05) is 21.9 Å². The fraction of sp³-hybridized carbons (Fsp3) is 0.417. The van der Waals surface area contributed by atoms with Crippen LogP contribution in [0.5, 0.6) is 11.5 Å². The average molecular weight is 445 g/mol. The first kappa shape index (κ1) is 25.2. The monoisotopic (exact) mass is 444 g/mol. The van der Waals surface area contributed by atoms with Crippen LogP contribution in [-0.2, 0) is 32.2 Å². The number of carbonyl (C=O) groups is 2. The van der Waals surface area contributed by atoms with E-state index < -0.39 is 0 Å². The van der Waals surface area contributed by atoms with Gasteiger partial charge in [-0.3, -0.25) is 19.4 Å². The molecule has 0 saturated carbocycles. The van der Waals surface area contributed by atoms with Gasteiger partial charge in [0, 0.05) is 37.3 Å². The first-order chi connectivity index (χ1) is 15.4. The molecule has 174 valence electrons. The number of ether oxygens (including phenoxy) is 2. The van der Waals surface area contributed by atoms with Crippen molar-refractivity contribution in [3.8, 4) is 11.5 Å². The number of benzene rings is 2. The van der Waals surface area contributed by atoms with Crippen molar-refractivity contribution in [1.29, 1.82) is 0 Å². The molecular formula is C24H32N2O6. The predicted molar refractivity (Wildman–Crippen MR) is 120 cm³/mol. The van der Waals surface area contributed by atoms with Gasteiger partial charge in [-0.15, -0.1) is 0 Å². The number of phenolic OH excluding ortho intramolecular Hbond substituents is 2. The molecule has 0 aliphatic carbocycles. The summed E-state index contributed by atoms with van der Waals surface area (Å²) in [5, 5.41) is 20.3. The summed E-state index contributed by atoms with van der Waals surface area (Å²) in [4.78, 5) is 28.0. The number of hydrogen-bond acceptors (Lipinski definition) is 8. The molecule has 0 heterocycles. The van der Waals surface area contributed by atoms with Crippen LogP contribution in [0.3, 0.4) is 0 Å². The summed E-state index contributed by atoms with van der Waals surface area (Å²) in [5.74, 6) is -0.418. The first-order valence-corrected chi connectivity index (χ1v) is 10.7. The summed E-state index contributed by atoms with van der Waals surface area (Å²) in [6, 6.07) is 13.9. The number of hydrogen-bond donors (Lipinski definition) is 2. The van der Waals surface area contributed by atoms with Gasteiger partial charge in [0.15, 0.2) is 0 Å². The minimum atomic E-state index is -0.361. The van der Waals surface area contributed by atoms with Gasteiger partial charge in [0.05, 0.1) is 26.3 Å². The second kappa shape index (κ2) is 13.3. The summed E-state index contributed by atoms with van der Waals surface area (Å²) < 4.78 is 10.2. The van der Waals surface area contributed by atoms with Crippen LogP contribution >= 0.6 is 0 Å². The zero-order chi connectivity index (χ0) is 23.3. The summed E-state index contributed by atoms with van der Waals surface area (Å²) in [6.45, 7) is 5.71. The van der Waals surface area contributed by atoms with E-state index in [-0.39, 0.29) is 49.7 Å². The lowest BCUT2D eigenvalue weighted by atomic mass is 10.1. The van der Waals surface area contributed by atoms with Crippen molar-refractivity contribution in [2.24, 2.45) is 0 Å². The molecule has 2 N–H and O–H groups in total. The summed E-state index contributed by atoms with van der Waals surface area (Å²) >= 11 is 0. The van der Waals surface area contributed by atoms with Gasteiger partial charge in [-0.25, -0.2) is 0 Å². The lowest BCUT2D eigenvalue weighted by Gasteiger charge is -2.27. The maximum Gasteiger partial charge on any atom is 0.320 e. The Bertz CT molecular complexity index is 802. The molecule has 2 aromatic rings. The van der Waals surface area contributed by atoms with Crippen LogP contribution in [0.15, 0.2) is 48.5 Å². The van der Waals surface area contributed by atoms with Crippen molar-refractivity contribution in [1.82, 2.24) is 9.80 Å². The van der Waals surface area contributed by atoms with Crippen molar-refractivity contribution in [2.45, 2.75) is 26.9 Å². The molecule has 2 rings (SSSR count). The third-order valence-electron chi connectivity index (χ3n) is 4.82. The number of phenols is 2. The van der Waals surface area contributed by atoms with E-state index in [1.54, 1.807) is 50.2 Å². The Labute approximate surface area is 189 Å². The van der Waals surface area contributed by atoms with Crippen molar-refractivity contribution in [3.63, 3.8) is 0 Å². The largest absolute Gasteiger partial charge is 0.508 e. The van der Waals surface area contributed by atoms with Gasteiger partial charge >= 0.3 is 11.9 Å². The minimum absolute atomic E-state index is 0.0476. The van der Waals surface area contributed by atoms with Crippen LogP contribution < -0.4 is 0 Å². The van der Waals surface area contributed by atoms with E-state index in [0.29, 0.717) is 37.3 Å². The first-order valence-electron chi connectivity index (χ1n) is 10.7. The third-order valence-corrected chi connectivity index (χ3v) is 4.82. The highest BCUT2D eigenvalue weighted by molar-refractivity contribution is 5.72. The molecule has 0 aliphatic heterocycles. The molecule has 0 bridgehead atoms. The molecule has 8 heteroatoms. The zero-order valence-corrected chi connectivity index (χ0v) is 18.7. The van der Waals surface area contributed by atoms with E-state index in [1.165, 1.54) is 0 Å². The second-order valence-electron chi connectivity index (χ2n) is 7.29. The van der Waals surface area contributed by atoms with Crippen molar-refractivity contribution < 1.29 is 29.3 Å². The number of nitrogens with zero attached hydrogens (tertiary/aromatic N) is 2. The van der Waals surface area contributed by atoms with Crippen molar-refractivity contribution in [3.05, 3.63) is 59.7 Å². The molecule has 32 heavy (non-hydrogen) atoms. The van der Waals surface area contributed by atoms with E-state index in [4.69, 9.17) is 9.47 Å². The van der Waals surface area contributed by atoms with Crippen LogP contribution in [-0.4, -0.2) is 71.3 Å². The summed E-state index contributed by atoms with van der Waals surface area (Å²) in [5.41, 5.74) is 1.38. The summed E-state index contributed by atoms with van der Waals surface area (Å²) in [6.07, 6.45) is 0. The Kier molecular flexibility index (Phi) is 10.5. The highest BCUT2D eigenvalue weighted by Gasteiger charge is 2.18. The molecule has 0 atom stereocenters. The van der Waals surface area contributed by atoms with E-state index in [0.717, 1.165) is 0 Å². The Balaban J connectivity index is 2.13. The molecular weight excluding hydrogens is 412 g/mol. The molecule has 8 nitrogen and oxygen atoms in total. The number of rotatable bonds is 13. The normalized spacial score (nSPS) is 11.0. The Morgan fingerprint density at radius 1 is 0.719 bits per heavy atom. The van der Waals surface area contributed by atoms with E-state index in [2.05, 4.69) is 0 Å². The number of carbonyl (C=O) groups excluding carboxylic acids is 2. The molecule has 0 aliphatic rings. The van der Waals surface area contributed by atoms with Crippen molar-refractivity contribution in [2.75, 3.05) is 39.4 Å². The fourth-order valence-electron chi connectivity index (χ4n) is 3.26. The van der Waals surface area contributed by atoms with Gasteiger partial charge in [0.2, 0.25) is 0 Å². The Morgan fingerprint density at radius 2 is 1.09 bits per heavy atom. The number of esters is 2. The fourth-order valence-corrected chi connectivity index (χ4v) is 3.26. The maximum absolute atomic E-state index is 12.1. The number of para-hydroxylation sites is 2. The second-order valence-corrected chi connectivity index (χ2v) is 7.29. The highest BCUT2D eigenvalue weighted by Crippen LogP contribution is 2.19. The van der Waals surface area contributed by atoms with Gasteiger partial charge in [-0.2, -0.15) is 0 Å². The van der Waals surface area contributed by atoms with E-state index in [9.17, 15) is 19.8 Å². The van der Waals surface area contributed by atoms with Crippen LogP contribution in [0.25, 0.3) is 0 Å². The Hall–Kier alpha value is -3.10. The molecule has 0 amide bonds. The molecule has 0 radical (unpaired) electrons. The maximum atomic E-state index is 12.1. The lowest BCUT2D eigenvalue weighted by Crippen LogP contribution is -2.40. The van der Waals surface area contributed by atoms with E-state index >= 15 is 0 Å². The molecule has 0 aromatic heterocycles. The van der Waals surface area contributed by atoms with Crippen LogP contribution in [0.4, 0.5) is 0 Å². The van der Waals surface area contributed by atoms with Crippen molar-refractivity contribution >= 4 is 11.9 Å². The standard InChI is InChI=1S/C24H32N2O6/c1-3-31-23(29)17-25(15-19-9-5-7-11-21(19)27)13-14-26(18-24(30)32-4-2)16-20-10-6-8-12-22(20)28/h5-12,27-28H,3-4,13-18H2,1-2H3. The van der Waals surface area contributed by atoms with Gasteiger partial charge in [-0.05, 0) is 26.0 Å². The molecule has 0 fully saturated rings. The zero-order valence-electron chi connectivity index (χ0n) is 18.7. The summed E-state index contributed by atoms with van der Waals surface area (Å²) in [7, 11) is 0. The van der Waals surface area contributed by atoms with Crippen LogP contribution in [0, 0.1) is 0 Å². The lowest BCUT2D eigenvalue weighted by molar-refractivity contribution is -0.146. The molecule has 0 spiro atoms. The van der Waals surface area contributed by atoms with Crippen LogP contribution in [0.1, 0.15) is 25.0 Å². The Morgan fingerprint density at radius 3 is 1.44 bits per heavy atom. The molecule has 0 unspecified atom stereocenters. The van der Waals surface area contributed by atoms with Gasteiger partial charge in [0.25, 0.3) is 0 Å². The number of aromatic hydroxyl groups is 2. The third kappa shape index (κ3) is 8.56. The van der Waals surface area contributed by atoms with Crippen LogP contribution in [0.2, 0.25) is 0 Å². The van der Waals surface area contributed by atoms with Gasteiger partial charge < -0.3 is 19.7 Å². The quantitative estimate of drug-likeness (QED) is 0.455. The average Bonchev–Trinajstić information content (AvgIpc) is 2.75.